The molecular formula is C23H31N7O. The van der Waals surface area contributed by atoms with E-state index in [-0.39, 0.29) is 6.03 Å². The maximum atomic E-state index is 12.1. The summed E-state index contributed by atoms with van der Waals surface area (Å²) in [5.41, 5.74) is 3.59. The second-order valence-corrected chi connectivity index (χ2v) is 7.94. The number of nitrogens with zero attached hydrogens (tertiary/aromatic N) is 4. The Kier molecular flexibility index (Phi) is 6.99. The van der Waals surface area contributed by atoms with Gasteiger partial charge in [-0.1, -0.05) is 18.2 Å². The summed E-state index contributed by atoms with van der Waals surface area (Å²) in [4.78, 5) is 28.8. The first-order valence-corrected chi connectivity index (χ1v) is 11.0. The van der Waals surface area contributed by atoms with Crippen molar-refractivity contribution in [2.75, 3.05) is 50.7 Å². The highest BCUT2D eigenvalue weighted by atomic mass is 16.2. The van der Waals surface area contributed by atoms with E-state index in [2.05, 4.69) is 60.5 Å². The highest BCUT2D eigenvalue weighted by molar-refractivity contribution is 5.84. The summed E-state index contributed by atoms with van der Waals surface area (Å²) in [6, 6.07) is 10.0. The molecule has 0 aliphatic carbocycles. The van der Waals surface area contributed by atoms with E-state index >= 15 is 0 Å². The van der Waals surface area contributed by atoms with E-state index in [1.54, 1.807) is 12.4 Å². The molecule has 0 bridgehead atoms. The lowest BCUT2D eigenvalue weighted by atomic mass is 10.1. The molecule has 0 atom stereocenters. The molecule has 4 rings (SSSR count). The minimum absolute atomic E-state index is 0.0939. The van der Waals surface area contributed by atoms with Crippen LogP contribution in [0.3, 0.4) is 0 Å². The van der Waals surface area contributed by atoms with Crippen LogP contribution in [-0.4, -0.2) is 71.7 Å². The zero-order valence-electron chi connectivity index (χ0n) is 18.1. The number of urea groups is 1. The molecule has 2 aromatic heterocycles. The summed E-state index contributed by atoms with van der Waals surface area (Å²) in [5, 5.41) is 7.19. The van der Waals surface area contributed by atoms with Crippen LogP contribution in [0.2, 0.25) is 0 Å². The molecular weight excluding hydrogens is 390 g/mol. The van der Waals surface area contributed by atoms with Gasteiger partial charge in [-0.15, -0.1) is 0 Å². The Labute approximate surface area is 183 Å². The van der Waals surface area contributed by atoms with E-state index in [0.29, 0.717) is 13.1 Å². The van der Waals surface area contributed by atoms with Crippen LogP contribution < -0.4 is 15.5 Å². The number of hydrogen-bond donors (Lipinski definition) is 3. The molecule has 1 saturated heterocycles. The van der Waals surface area contributed by atoms with Crippen LogP contribution in [-0.2, 0) is 6.42 Å². The fourth-order valence-corrected chi connectivity index (χ4v) is 4.15. The minimum Gasteiger partial charge on any atom is -0.358 e. The van der Waals surface area contributed by atoms with Crippen LogP contribution in [0.25, 0.3) is 10.9 Å². The first kappa shape index (κ1) is 21.1. The number of hydrogen-bond acceptors (Lipinski definition) is 5. The third kappa shape index (κ3) is 5.52. The predicted octanol–water partition coefficient (Wildman–Crippen LogP) is 2.32. The first-order chi connectivity index (χ1) is 15.2. The number of carbonyl (C=O) groups excluding carboxylic acids is 1. The molecule has 3 aromatic rings. The van der Waals surface area contributed by atoms with Crippen molar-refractivity contribution in [1.82, 2.24) is 30.5 Å². The number of anilines is 1. The van der Waals surface area contributed by atoms with Crippen molar-refractivity contribution in [3.05, 3.63) is 54.0 Å². The number of aromatic nitrogens is 3. The molecule has 1 aromatic carbocycles. The van der Waals surface area contributed by atoms with Crippen LogP contribution in [0, 0.1) is 6.92 Å². The molecule has 8 heteroatoms. The van der Waals surface area contributed by atoms with Crippen LogP contribution in [0.1, 0.15) is 17.7 Å². The summed E-state index contributed by atoms with van der Waals surface area (Å²) < 4.78 is 0. The molecule has 164 valence electrons. The van der Waals surface area contributed by atoms with Crippen molar-refractivity contribution in [3.8, 4) is 0 Å². The van der Waals surface area contributed by atoms with Gasteiger partial charge in [0.05, 0.1) is 0 Å². The van der Waals surface area contributed by atoms with E-state index in [4.69, 9.17) is 0 Å². The SMILES string of the molecule is Cc1[nH]c2ccccc2c1CCNC(=O)NCCCN1CCN(c2ncccn2)CC1. The number of fused-ring (bicyclic) bond motifs is 1. The van der Waals surface area contributed by atoms with Crippen LogP contribution >= 0.6 is 0 Å². The summed E-state index contributed by atoms with van der Waals surface area (Å²) >= 11 is 0. The minimum atomic E-state index is -0.0939. The van der Waals surface area contributed by atoms with Crippen LogP contribution in [0.4, 0.5) is 10.7 Å². The average Bonchev–Trinajstić information content (AvgIpc) is 3.13. The molecule has 0 saturated carbocycles. The highest BCUT2D eigenvalue weighted by Gasteiger charge is 2.18. The molecule has 31 heavy (non-hydrogen) atoms. The average molecular weight is 422 g/mol. The maximum Gasteiger partial charge on any atom is 0.314 e. The Morgan fingerprint density at radius 3 is 2.58 bits per heavy atom. The lowest BCUT2D eigenvalue weighted by molar-refractivity contribution is 0.236. The number of para-hydroxylation sites is 1. The Bertz CT molecular complexity index is 980. The Hall–Kier alpha value is -3.13. The van der Waals surface area contributed by atoms with Gasteiger partial charge in [0.2, 0.25) is 5.95 Å². The fourth-order valence-electron chi connectivity index (χ4n) is 4.15. The third-order valence-corrected chi connectivity index (χ3v) is 5.83. The van der Waals surface area contributed by atoms with Crippen molar-refractivity contribution in [2.45, 2.75) is 19.8 Å². The van der Waals surface area contributed by atoms with Crippen molar-refractivity contribution < 1.29 is 4.79 Å². The Morgan fingerprint density at radius 2 is 1.77 bits per heavy atom. The quantitative estimate of drug-likeness (QED) is 0.486. The van der Waals surface area contributed by atoms with Gasteiger partial charge in [0.1, 0.15) is 0 Å². The molecule has 0 unspecified atom stereocenters. The third-order valence-electron chi connectivity index (χ3n) is 5.83. The topological polar surface area (TPSA) is 89.2 Å². The molecule has 0 spiro atoms. The van der Waals surface area contributed by atoms with Crippen LogP contribution in [0.15, 0.2) is 42.7 Å². The number of aryl methyl sites for hydroxylation is 1. The number of benzene rings is 1. The molecule has 1 aliphatic rings. The summed E-state index contributed by atoms with van der Waals surface area (Å²) in [6.45, 7) is 8.23. The lowest BCUT2D eigenvalue weighted by Crippen LogP contribution is -2.47. The number of carbonyl (C=O) groups is 1. The smallest absolute Gasteiger partial charge is 0.314 e. The largest absolute Gasteiger partial charge is 0.358 e. The van der Waals surface area contributed by atoms with Gasteiger partial charge < -0.3 is 20.5 Å². The molecule has 1 fully saturated rings. The van der Waals surface area contributed by atoms with Gasteiger partial charge in [-0.2, -0.15) is 0 Å². The van der Waals surface area contributed by atoms with Crippen molar-refractivity contribution in [3.63, 3.8) is 0 Å². The summed E-state index contributed by atoms with van der Waals surface area (Å²) in [6.07, 6.45) is 5.33. The Balaban J connectivity index is 1.10. The standard InChI is InChI=1S/C23H31N7O/c1-18-19(20-6-2-3-7-21(20)28-18)8-12-27-23(31)26-11-5-13-29-14-16-30(17-15-29)22-24-9-4-10-25-22/h2-4,6-7,9-10,28H,5,8,11-17H2,1H3,(H2,26,27,31). The number of rotatable bonds is 8. The van der Waals surface area contributed by atoms with Crippen molar-refractivity contribution in [2.24, 2.45) is 0 Å². The number of amides is 2. The van der Waals surface area contributed by atoms with E-state index in [9.17, 15) is 4.79 Å². The number of piperazine rings is 1. The Morgan fingerprint density at radius 1 is 1.03 bits per heavy atom. The van der Waals surface area contributed by atoms with Gasteiger partial charge in [0, 0.05) is 68.3 Å². The fraction of sp³-hybridized carbons (Fsp3) is 0.435. The van der Waals surface area contributed by atoms with Crippen LogP contribution in [0.5, 0.6) is 0 Å². The zero-order valence-corrected chi connectivity index (χ0v) is 18.1. The molecule has 2 amide bonds. The monoisotopic (exact) mass is 421 g/mol. The molecule has 3 N–H and O–H groups in total. The summed E-state index contributed by atoms with van der Waals surface area (Å²) in [5.74, 6) is 0.809. The van der Waals surface area contributed by atoms with Crippen molar-refractivity contribution in [1.29, 1.82) is 0 Å². The molecule has 0 radical (unpaired) electrons. The van der Waals surface area contributed by atoms with E-state index < -0.39 is 0 Å². The number of nitrogens with one attached hydrogen (secondary N) is 3. The highest BCUT2D eigenvalue weighted by Crippen LogP contribution is 2.21. The van der Waals surface area contributed by atoms with Gasteiger partial charge in [-0.25, -0.2) is 14.8 Å². The van der Waals surface area contributed by atoms with Gasteiger partial charge in [-0.3, -0.25) is 4.90 Å². The summed E-state index contributed by atoms with van der Waals surface area (Å²) in [7, 11) is 0. The van der Waals surface area contributed by atoms with Gasteiger partial charge in [0.15, 0.2) is 0 Å². The maximum absolute atomic E-state index is 12.1. The second-order valence-electron chi connectivity index (χ2n) is 7.94. The second kappa shape index (κ2) is 10.3. The lowest BCUT2D eigenvalue weighted by Gasteiger charge is -2.34. The van der Waals surface area contributed by atoms with E-state index in [1.165, 1.54) is 16.6 Å². The van der Waals surface area contributed by atoms with Crippen molar-refractivity contribution >= 4 is 22.9 Å². The number of aromatic amines is 1. The first-order valence-electron chi connectivity index (χ1n) is 11.0. The molecule has 8 nitrogen and oxygen atoms in total. The molecule has 3 heterocycles. The zero-order chi connectivity index (χ0) is 21.5. The van der Waals surface area contributed by atoms with Gasteiger partial charge in [-0.05, 0) is 44.0 Å². The van der Waals surface area contributed by atoms with E-state index in [1.807, 2.05) is 12.1 Å². The predicted molar refractivity (Wildman–Crippen MR) is 123 cm³/mol. The van der Waals surface area contributed by atoms with E-state index in [0.717, 1.165) is 57.0 Å². The van der Waals surface area contributed by atoms with Gasteiger partial charge >= 0.3 is 6.03 Å². The van der Waals surface area contributed by atoms with Gasteiger partial charge in [0.25, 0.3) is 0 Å². The number of H-pyrrole nitrogens is 1. The normalized spacial score (nSPS) is 14.7. The molecule has 1 aliphatic heterocycles.